The second-order valence-corrected chi connectivity index (χ2v) is 7.73. The van der Waals surface area contributed by atoms with Gasteiger partial charge in [-0.3, -0.25) is 9.10 Å². The fraction of sp³-hybridized carbons (Fsp3) is 0.409. The lowest BCUT2D eigenvalue weighted by atomic mass is 9.97. The fourth-order valence-electron chi connectivity index (χ4n) is 2.91. The summed E-state index contributed by atoms with van der Waals surface area (Å²) in [6, 6.07) is 6.11. The van der Waals surface area contributed by atoms with Crippen LogP contribution in [0.3, 0.4) is 0 Å². The number of nitrogens with zero attached hydrogens (tertiary/aromatic N) is 3. The Kier molecular flexibility index (Phi) is 8.34. The zero-order valence-corrected chi connectivity index (χ0v) is 18.4. The standard InChI is InChI=1S/C22H28FN3O2S/c1-6-18(28-5)13-17(27)11-12-19-20(14(2)3)24-22(26(4)29)25-21(19)15-7-9-16(23)10-8-15/h7-12,14,18,29H,6,13H2,1-5H3/b12-11+. The molecule has 0 aliphatic heterocycles. The van der Waals surface area contributed by atoms with Gasteiger partial charge in [0.05, 0.1) is 17.5 Å². The zero-order valence-electron chi connectivity index (χ0n) is 17.5. The minimum Gasteiger partial charge on any atom is -0.381 e. The third-order valence-electron chi connectivity index (χ3n) is 4.57. The van der Waals surface area contributed by atoms with Crippen LogP contribution in [0.15, 0.2) is 30.3 Å². The van der Waals surface area contributed by atoms with Crippen LogP contribution in [0.5, 0.6) is 0 Å². The second kappa shape index (κ2) is 10.5. The first-order valence-electron chi connectivity index (χ1n) is 9.60. The molecular formula is C22H28FN3O2S. The van der Waals surface area contributed by atoms with E-state index in [-0.39, 0.29) is 23.6 Å². The summed E-state index contributed by atoms with van der Waals surface area (Å²) in [5.74, 6) is 0.163. The first-order valence-corrected chi connectivity index (χ1v) is 10.0. The van der Waals surface area contributed by atoms with Crippen molar-refractivity contribution in [3.63, 3.8) is 0 Å². The van der Waals surface area contributed by atoms with Crippen molar-refractivity contribution >= 4 is 30.6 Å². The van der Waals surface area contributed by atoms with E-state index in [1.54, 1.807) is 38.4 Å². The Bertz CT molecular complexity index is 863. The number of anilines is 1. The average molecular weight is 418 g/mol. The van der Waals surface area contributed by atoms with Crippen LogP contribution < -0.4 is 4.31 Å². The molecule has 0 fully saturated rings. The number of carbonyl (C=O) groups is 1. The number of rotatable bonds is 9. The highest BCUT2D eigenvalue weighted by Crippen LogP contribution is 2.31. The Hall–Kier alpha value is -2.25. The van der Waals surface area contributed by atoms with Crippen LogP contribution in [0.1, 0.15) is 50.8 Å². The van der Waals surface area contributed by atoms with E-state index >= 15 is 0 Å². The number of hydrogen-bond donors (Lipinski definition) is 1. The molecule has 0 aliphatic carbocycles. The third kappa shape index (κ3) is 6.11. The van der Waals surface area contributed by atoms with E-state index in [0.29, 0.717) is 18.1 Å². The van der Waals surface area contributed by atoms with Crippen molar-refractivity contribution in [3.05, 3.63) is 47.4 Å². The van der Waals surface area contributed by atoms with E-state index in [1.165, 1.54) is 16.4 Å². The lowest BCUT2D eigenvalue weighted by Gasteiger charge is -2.18. The topological polar surface area (TPSA) is 55.3 Å². The van der Waals surface area contributed by atoms with Gasteiger partial charge in [-0.25, -0.2) is 14.4 Å². The molecule has 7 heteroatoms. The molecule has 2 aromatic rings. The maximum Gasteiger partial charge on any atom is 0.235 e. The van der Waals surface area contributed by atoms with Gasteiger partial charge in [-0.15, -0.1) is 0 Å². The van der Waals surface area contributed by atoms with E-state index in [0.717, 1.165) is 23.2 Å². The molecule has 0 saturated heterocycles. The quantitative estimate of drug-likeness (QED) is 0.455. The van der Waals surface area contributed by atoms with Crippen LogP contribution in [-0.4, -0.2) is 36.0 Å². The van der Waals surface area contributed by atoms with Gasteiger partial charge in [0.15, 0.2) is 5.78 Å². The first-order chi connectivity index (χ1) is 13.8. The predicted molar refractivity (Wildman–Crippen MR) is 119 cm³/mol. The van der Waals surface area contributed by atoms with Gasteiger partial charge < -0.3 is 4.74 Å². The molecule has 2 rings (SSSR count). The van der Waals surface area contributed by atoms with E-state index in [4.69, 9.17) is 4.74 Å². The fourth-order valence-corrected chi connectivity index (χ4v) is 3.00. The average Bonchev–Trinajstić information content (AvgIpc) is 2.70. The lowest BCUT2D eigenvalue weighted by Crippen LogP contribution is -2.14. The van der Waals surface area contributed by atoms with E-state index in [9.17, 15) is 9.18 Å². The van der Waals surface area contributed by atoms with Gasteiger partial charge in [0.2, 0.25) is 5.95 Å². The van der Waals surface area contributed by atoms with Crippen LogP contribution >= 0.6 is 12.8 Å². The number of benzene rings is 1. The molecule has 0 bridgehead atoms. The van der Waals surface area contributed by atoms with Gasteiger partial charge >= 0.3 is 0 Å². The number of aromatic nitrogens is 2. The van der Waals surface area contributed by atoms with Gasteiger partial charge in [-0.05, 0) is 48.8 Å². The van der Waals surface area contributed by atoms with Crippen molar-refractivity contribution in [2.75, 3.05) is 18.5 Å². The maximum absolute atomic E-state index is 13.4. The largest absolute Gasteiger partial charge is 0.381 e. The molecule has 1 aromatic carbocycles. The van der Waals surface area contributed by atoms with Crippen LogP contribution in [0.25, 0.3) is 17.3 Å². The Morgan fingerprint density at radius 1 is 1.28 bits per heavy atom. The highest BCUT2D eigenvalue weighted by Gasteiger charge is 2.18. The van der Waals surface area contributed by atoms with Crippen molar-refractivity contribution in [1.82, 2.24) is 9.97 Å². The van der Waals surface area contributed by atoms with Crippen molar-refractivity contribution in [3.8, 4) is 11.3 Å². The molecule has 0 aliphatic rings. The first kappa shape index (κ1) is 23.0. The predicted octanol–water partition coefficient (Wildman–Crippen LogP) is 5.08. The molecule has 1 heterocycles. The molecule has 0 saturated carbocycles. The Balaban J connectivity index is 2.56. The summed E-state index contributed by atoms with van der Waals surface area (Å²) in [6.07, 6.45) is 4.26. The molecule has 5 nitrogen and oxygen atoms in total. The van der Waals surface area contributed by atoms with Gasteiger partial charge in [-0.2, -0.15) is 0 Å². The summed E-state index contributed by atoms with van der Waals surface area (Å²) in [4.78, 5) is 21.7. The number of allylic oxidation sites excluding steroid dienone is 1. The van der Waals surface area contributed by atoms with Gasteiger partial charge in [0.1, 0.15) is 5.82 Å². The Morgan fingerprint density at radius 3 is 2.45 bits per heavy atom. The molecule has 156 valence electrons. The Morgan fingerprint density at radius 2 is 1.93 bits per heavy atom. The summed E-state index contributed by atoms with van der Waals surface area (Å²) < 4.78 is 20.3. The highest BCUT2D eigenvalue weighted by molar-refractivity contribution is 7.81. The number of halogens is 1. The van der Waals surface area contributed by atoms with Gasteiger partial charge in [0.25, 0.3) is 0 Å². The Labute approximate surface area is 177 Å². The maximum atomic E-state index is 13.4. The van der Waals surface area contributed by atoms with Crippen LogP contribution in [0.2, 0.25) is 0 Å². The molecule has 1 atom stereocenters. The van der Waals surface area contributed by atoms with Crippen molar-refractivity contribution in [1.29, 1.82) is 0 Å². The normalized spacial score (nSPS) is 12.6. The summed E-state index contributed by atoms with van der Waals surface area (Å²) in [5.41, 5.74) is 2.90. The smallest absolute Gasteiger partial charge is 0.235 e. The second-order valence-electron chi connectivity index (χ2n) is 7.13. The molecular weight excluding hydrogens is 389 g/mol. The summed E-state index contributed by atoms with van der Waals surface area (Å²) in [7, 11) is 3.35. The van der Waals surface area contributed by atoms with Crippen molar-refractivity contribution in [2.45, 2.75) is 45.6 Å². The van der Waals surface area contributed by atoms with Crippen molar-refractivity contribution in [2.24, 2.45) is 0 Å². The molecule has 1 aromatic heterocycles. The molecule has 29 heavy (non-hydrogen) atoms. The van der Waals surface area contributed by atoms with Crippen molar-refractivity contribution < 1.29 is 13.9 Å². The number of thiol groups is 1. The van der Waals surface area contributed by atoms with Gasteiger partial charge in [0, 0.05) is 31.7 Å². The van der Waals surface area contributed by atoms with Crippen LogP contribution in [0, 0.1) is 5.82 Å². The molecule has 0 N–H and O–H groups in total. The SMILES string of the molecule is CCC(CC(=O)/C=C/c1c(-c2ccc(F)cc2)nc(N(C)S)nc1C(C)C)OC. The monoisotopic (exact) mass is 417 g/mol. The highest BCUT2D eigenvalue weighted by atomic mass is 32.1. The summed E-state index contributed by atoms with van der Waals surface area (Å²) in [5, 5.41) is 0. The van der Waals surface area contributed by atoms with E-state index < -0.39 is 0 Å². The minimum atomic E-state index is -0.323. The summed E-state index contributed by atoms with van der Waals surface area (Å²) >= 11 is 4.32. The van der Waals surface area contributed by atoms with E-state index in [1.807, 2.05) is 20.8 Å². The molecule has 0 spiro atoms. The minimum absolute atomic E-state index is 0.0335. The van der Waals surface area contributed by atoms with Crippen LogP contribution in [-0.2, 0) is 9.53 Å². The number of ketones is 1. The number of carbonyl (C=O) groups excluding carboxylic acids is 1. The zero-order chi connectivity index (χ0) is 21.6. The summed E-state index contributed by atoms with van der Waals surface area (Å²) in [6.45, 7) is 6.03. The van der Waals surface area contributed by atoms with Gasteiger partial charge in [-0.1, -0.05) is 33.6 Å². The third-order valence-corrected chi connectivity index (χ3v) is 4.75. The molecule has 0 radical (unpaired) electrons. The number of methoxy groups -OCH3 is 1. The molecule has 0 amide bonds. The number of ether oxygens (including phenoxy) is 1. The molecule has 1 unspecified atom stereocenters. The van der Waals surface area contributed by atoms with Crippen LogP contribution in [0.4, 0.5) is 10.3 Å². The lowest BCUT2D eigenvalue weighted by molar-refractivity contribution is -0.116. The van der Waals surface area contributed by atoms with E-state index in [2.05, 4.69) is 22.8 Å². The number of hydrogen-bond acceptors (Lipinski definition) is 6.